The van der Waals surface area contributed by atoms with E-state index in [0.717, 1.165) is 17.7 Å². The van der Waals surface area contributed by atoms with Crippen LogP contribution in [0.3, 0.4) is 0 Å². The molecular formula is C18H16F3N3O3. The maximum absolute atomic E-state index is 12.1. The van der Waals surface area contributed by atoms with Crippen LogP contribution < -0.4 is 10.5 Å². The zero-order chi connectivity index (χ0) is 19.9. The third-order valence-corrected chi connectivity index (χ3v) is 3.35. The fraction of sp³-hybridized carbons (Fsp3) is 0.167. The first-order valence-corrected chi connectivity index (χ1v) is 7.76. The lowest BCUT2D eigenvalue weighted by Crippen LogP contribution is -2.16. The Hall–Kier alpha value is -3.36. The molecule has 0 aliphatic heterocycles. The molecule has 0 radical (unpaired) electrons. The van der Waals surface area contributed by atoms with Crippen molar-refractivity contribution in [1.29, 1.82) is 0 Å². The summed E-state index contributed by atoms with van der Waals surface area (Å²) in [6.07, 6.45) is -3.09. The van der Waals surface area contributed by atoms with Gasteiger partial charge in [0.15, 0.2) is 0 Å². The Morgan fingerprint density at radius 3 is 2.30 bits per heavy atom. The standard InChI is InChI=1S/C18H16F3N3O3/c19-18(20,21)27-15-8-6-14(7-9-15)23-11-24-17(22)13-4-1-12(2-5-13)3-10-16(25)26/h1-2,4-9,11H,3,10H2,(H,25,26)(H2,22,23,24). The number of aliphatic carboxylic acids is 1. The van der Waals surface area contributed by atoms with Crippen LogP contribution in [0.4, 0.5) is 18.9 Å². The first-order chi connectivity index (χ1) is 12.7. The number of alkyl halides is 3. The topological polar surface area (TPSA) is 97.3 Å². The third-order valence-electron chi connectivity index (χ3n) is 3.35. The molecule has 9 heteroatoms. The van der Waals surface area contributed by atoms with Crippen molar-refractivity contribution in [2.75, 3.05) is 0 Å². The summed E-state index contributed by atoms with van der Waals surface area (Å²) in [7, 11) is 0. The van der Waals surface area contributed by atoms with Crippen LogP contribution in [-0.2, 0) is 11.2 Å². The van der Waals surface area contributed by atoms with Gasteiger partial charge in [0.05, 0.1) is 5.69 Å². The molecule has 2 aromatic carbocycles. The van der Waals surface area contributed by atoms with Crippen molar-refractivity contribution < 1.29 is 27.8 Å². The summed E-state index contributed by atoms with van der Waals surface area (Å²) in [5, 5.41) is 8.66. The summed E-state index contributed by atoms with van der Waals surface area (Å²) >= 11 is 0. The zero-order valence-corrected chi connectivity index (χ0v) is 14.0. The Kier molecular flexibility index (Phi) is 6.53. The second-order valence-corrected chi connectivity index (χ2v) is 5.39. The number of aliphatic imine (C=N–C) groups is 2. The Morgan fingerprint density at radius 1 is 1.11 bits per heavy atom. The van der Waals surface area contributed by atoms with Crippen LogP contribution in [0.25, 0.3) is 0 Å². The molecule has 0 heterocycles. The summed E-state index contributed by atoms with van der Waals surface area (Å²) in [6.45, 7) is 0. The number of halogens is 3. The molecule has 0 saturated carbocycles. The van der Waals surface area contributed by atoms with E-state index in [2.05, 4.69) is 14.7 Å². The molecule has 0 bridgehead atoms. The molecule has 0 aliphatic rings. The van der Waals surface area contributed by atoms with Gasteiger partial charge in [0, 0.05) is 12.0 Å². The molecule has 0 unspecified atom stereocenters. The number of carbonyl (C=O) groups is 1. The molecular weight excluding hydrogens is 363 g/mol. The van der Waals surface area contributed by atoms with E-state index in [1.807, 2.05) is 0 Å². The predicted molar refractivity (Wildman–Crippen MR) is 94.4 cm³/mol. The van der Waals surface area contributed by atoms with Crippen LogP contribution in [0.5, 0.6) is 5.75 Å². The molecule has 2 rings (SSSR count). The molecule has 0 fully saturated rings. The number of nitrogens with zero attached hydrogens (tertiary/aromatic N) is 2. The number of carboxylic acid groups (broad SMARTS) is 1. The predicted octanol–water partition coefficient (Wildman–Crippen LogP) is 3.67. The lowest BCUT2D eigenvalue weighted by Gasteiger charge is -2.08. The van der Waals surface area contributed by atoms with Gasteiger partial charge in [-0.1, -0.05) is 24.3 Å². The summed E-state index contributed by atoms with van der Waals surface area (Å²) in [6, 6.07) is 11.9. The van der Waals surface area contributed by atoms with Crippen LogP contribution in [-0.4, -0.2) is 29.6 Å². The fourth-order valence-electron chi connectivity index (χ4n) is 2.06. The number of hydrogen-bond acceptors (Lipinski definition) is 3. The van der Waals surface area contributed by atoms with E-state index in [1.165, 1.54) is 18.5 Å². The van der Waals surface area contributed by atoms with Gasteiger partial charge in [-0.05, 0) is 36.2 Å². The van der Waals surface area contributed by atoms with E-state index in [4.69, 9.17) is 10.8 Å². The maximum atomic E-state index is 12.1. The molecule has 142 valence electrons. The van der Waals surface area contributed by atoms with Crippen molar-refractivity contribution >= 4 is 23.8 Å². The van der Waals surface area contributed by atoms with Crippen molar-refractivity contribution in [2.45, 2.75) is 19.2 Å². The first kappa shape index (κ1) is 20.0. The monoisotopic (exact) mass is 379 g/mol. The van der Waals surface area contributed by atoms with Gasteiger partial charge in [0.1, 0.15) is 17.9 Å². The lowest BCUT2D eigenvalue weighted by atomic mass is 10.1. The minimum absolute atomic E-state index is 0.0440. The number of benzene rings is 2. The SMILES string of the molecule is NC(=NC=Nc1ccc(OC(F)(F)F)cc1)c1ccc(CCC(=O)O)cc1. The molecule has 2 aromatic rings. The second-order valence-electron chi connectivity index (χ2n) is 5.39. The van der Waals surface area contributed by atoms with Crippen molar-refractivity contribution in [3.05, 3.63) is 59.7 Å². The van der Waals surface area contributed by atoms with Gasteiger partial charge in [-0.15, -0.1) is 13.2 Å². The quantitative estimate of drug-likeness (QED) is 0.567. The maximum Gasteiger partial charge on any atom is 0.573 e. The average Bonchev–Trinajstić information content (AvgIpc) is 2.60. The molecule has 0 aromatic heterocycles. The van der Waals surface area contributed by atoms with Crippen molar-refractivity contribution in [1.82, 2.24) is 0 Å². The smallest absolute Gasteiger partial charge is 0.481 e. The normalized spacial score (nSPS) is 12.3. The van der Waals surface area contributed by atoms with Crippen molar-refractivity contribution in [3.8, 4) is 5.75 Å². The summed E-state index contributed by atoms with van der Waals surface area (Å²) in [5.41, 5.74) is 7.72. The number of rotatable bonds is 7. The Balaban J connectivity index is 1.97. The molecule has 0 aliphatic carbocycles. The van der Waals surface area contributed by atoms with Crippen molar-refractivity contribution in [2.24, 2.45) is 15.7 Å². The van der Waals surface area contributed by atoms with Gasteiger partial charge in [0.2, 0.25) is 0 Å². The average molecular weight is 379 g/mol. The lowest BCUT2D eigenvalue weighted by molar-refractivity contribution is -0.274. The molecule has 0 atom stereocenters. The highest BCUT2D eigenvalue weighted by Gasteiger charge is 2.30. The van der Waals surface area contributed by atoms with Crippen LogP contribution >= 0.6 is 0 Å². The van der Waals surface area contributed by atoms with E-state index in [-0.39, 0.29) is 18.0 Å². The molecule has 3 N–H and O–H groups in total. The fourth-order valence-corrected chi connectivity index (χ4v) is 2.06. The van der Waals surface area contributed by atoms with Crippen LogP contribution in [0, 0.1) is 0 Å². The van der Waals surface area contributed by atoms with E-state index >= 15 is 0 Å². The Labute approximate surface area is 152 Å². The van der Waals surface area contributed by atoms with Crippen LogP contribution in [0.1, 0.15) is 17.5 Å². The number of amidine groups is 1. The number of aryl methyl sites for hydroxylation is 1. The summed E-state index contributed by atoms with van der Waals surface area (Å²) in [4.78, 5) is 18.5. The van der Waals surface area contributed by atoms with Gasteiger partial charge in [-0.2, -0.15) is 0 Å². The highest BCUT2D eigenvalue weighted by Crippen LogP contribution is 2.24. The van der Waals surface area contributed by atoms with Gasteiger partial charge >= 0.3 is 12.3 Å². The molecule has 0 saturated heterocycles. The van der Waals surface area contributed by atoms with Crippen molar-refractivity contribution in [3.63, 3.8) is 0 Å². The largest absolute Gasteiger partial charge is 0.573 e. The number of nitrogens with two attached hydrogens (primary N) is 1. The van der Waals surface area contributed by atoms with Gasteiger partial charge in [0.25, 0.3) is 0 Å². The molecule has 6 nitrogen and oxygen atoms in total. The van der Waals surface area contributed by atoms with Crippen LogP contribution in [0.2, 0.25) is 0 Å². The minimum atomic E-state index is -4.74. The van der Waals surface area contributed by atoms with Gasteiger partial charge in [-0.25, -0.2) is 9.98 Å². The first-order valence-electron chi connectivity index (χ1n) is 7.76. The highest BCUT2D eigenvalue weighted by atomic mass is 19.4. The third kappa shape index (κ3) is 7.18. The number of carboxylic acids is 1. The zero-order valence-electron chi connectivity index (χ0n) is 14.0. The Morgan fingerprint density at radius 2 is 1.74 bits per heavy atom. The van der Waals surface area contributed by atoms with Gasteiger partial charge in [-0.3, -0.25) is 4.79 Å². The Bertz CT molecular complexity index is 830. The molecule has 0 spiro atoms. The van der Waals surface area contributed by atoms with E-state index in [0.29, 0.717) is 17.7 Å². The minimum Gasteiger partial charge on any atom is -0.481 e. The number of hydrogen-bond donors (Lipinski definition) is 2. The summed E-state index contributed by atoms with van der Waals surface area (Å²) in [5.74, 6) is -1.01. The van der Waals surface area contributed by atoms with E-state index < -0.39 is 12.3 Å². The van der Waals surface area contributed by atoms with E-state index in [9.17, 15) is 18.0 Å². The number of ether oxygens (including phenoxy) is 1. The van der Waals surface area contributed by atoms with E-state index in [1.54, 1.807) is 24.3 Å². The highest BCUT2D eigenvalue weighted by molar-refractivity contribution is 6.01. The molecule has 27 heavy (non-hydrogen) atoms. The molecule has 0 amide bonds. The van der Waals surface area contributed by atoms with Gasteiger partial charge < -0.3 is 15.6 Å². The van der Waals surface area contributed by atoms with Crippen LogP contribution in [0.15, 0.2) is 58.5 Å². The second kappa shape index (κ2) is 8.84. The summed E-state index contributed by atoms with van der Waals surface area (Å²) < 4.78 is 40.0.